The molecule has 0 aromatic heterocycles. The lowest BCUT2D eigenvalue weighted by Crippen LogP contribution is -2.50. The summed E-state index contributed by atoms with van der Waals surface area (Å²) in [6, 6.07) is 7.62. The summed E-state index contributed by atoms with van der Waals surface area (Å²) in [4.78, 5) is 2.38. The van der Waals surface area contributed by atoms with Crippen LogP contribution in [-0.2, 0) is 0 Å². The summed E-state index contributed by atoms with van der Waals surface area (Å²) < 4.78 is 33.4. The molecule has 4 rings (SSSR count). The summed E-state index contributed by atoms with van der Waals surface area (Å²) >= 11 is 5.67. The molecule has 2 aliphatic heterocycles. The molecule has 2 aromatic rings. The van der Waals surface area contributed by atoms with Crippen molar-refractivity contribution < 1.29 is 28.4 Å². The molecule has 0 amide bonds. The Labute approximate surface area is 229 Å². The Morgan fingerprint density at radius 1 is 0.816 bits per heavy atom. The van der Waals surface area contributed by atoms with Gasteiger partial charge in [0.05, 0.1) is 48.7 Å². The van der Waals surface area contributed by atoms with E-state index in [0.717, 1.165) is 42.0 Å². The molecule has 2 heterocycles. The van der Waals surface area contributed by atoms with Crippen molar-refractivity contribution in [3.8, 4) is 34.5 Å². The normalized spacial score (nSPS) is 18.3. The second kappa shape index (κ2) is 11.8. The molecule has 2 aromatic carbocycles. The molecule has 0 radical (unpaired) electrons. The monoisotopic (exact) mass is 541 g/mol. The van der Waals surface area contributed by atoms with Gasteiger partial charge in [0.15, 0.2) is 28.1 Å². The zero-order valence-electron chi connectivity index (χ0n) is 22.9. The van der Waals surface area contributed by atoms with E-state index in [1.54, 1.807) is 42.7 Å². The first-order valence-electron chi connectivity index (χ1n) is 12.2. The van der Waals surface area contributed by atoms with E-state index in [1.807, 2.05) is 24.3 Å². The van der Waals surface area contributed by atoms with Crippen LogP contribution < -0.4 is 39.1 Å². The Hall–Kier alpha value is -3.63. The Bertz CT molecular complexity index is 1230. The van der Waals surface area contributed by atoms with Crippen LogP contribution in [0, 0.1) is 0 Å². The van der Waals surface area contributed by atoms with Crippen molar-refractivity contribution in [1.82, 2.24) is 15.5 Å². The zero-order chi connectivity index (χ0) is 27.4. The molecular formula is C28H35N3O6S. The van der Waals surface area contributed by atoms with Crippen LogP contribution in [0.5, 0.6) is 34.5 Å². The molecule has 2 N–H and O–H groups in total. The molecular weight excluding hydrogens is 506 g/mol. The molecule has 1 unspecified atom stereocenters. The highest BCUT2D eigenvalue weighted by atomic mass is 32.1. The summed E-state index contributed by atoms with van der Waals surface area (Å²) in [7, 11) is 9.65. The molecule has 10 heteroatoms. The summed E-state index contributed by atoms with van der Waals surface area (Å²) in [5, 5.41) is 7.42. The van der Waals surface area contributed by atoms with Gasteiger partial charge in [0, 0.05) is 18.8 Å². The molecule has 204 valence electrons. The molecule has 0 aliphatic carbocycles. The Morgan fingerprint density at radius 3 is 1.82 bits per heavy atom. The van der Waals surface area contributed by atoms with Gasteiger partial charge < -0.3 is 39.1 Å². The number of rotatable bonds is 9. The van der Waals surface area contributed by atoms with Crippen LogP contribution in [0.2, 0.25) is 0 Å². The zero-order valence-corrected chi connectivity index (χ0v) is 23.7. The minimum atomic E-state index is -0.190. The average molecular weight is 542 g/mol. The minimum Gasteiger partial charge on any atom is -0.493 e. The smallest absolute Gasteiger partial charge is 0.203 e. The third-order valence-electron chi connectivity index (χ3n) is 6.79. The number of methoxy groups -OCH3 is 6. The summed E-state index contributed by atoms with van der Waals surface area (Å²) in [6.45, 7) is 4.56. The highest BCUT2D eigenvalue weighted by Crippen LogP contribution is 2.43. The Kier molecular flexibility index (Phi) is 8.53. The van der Waals surface area contributed by atoms with Crippen molar-refractivity contribution in [3.05, 3.63) is 52.2 Å². The lowest BCUT2D eigenvalue weighted by atomic mass is 9.88. The van der Waals surface area contributed by atoms with Gasteiger partial charge in [-0.05, 0) is 71.4 Å². The van der Waals surface area contributed by atoms with Gasteiger partial charge >= 0.3 is 0 Å². The van der Waals surface area contributed by atoms with Gasteiger partial charge in [-0.15, -0.1) is 0 Å². The van der Waals surface area contributed by atoms with Crippen molar-refractivity contribution in [2.45, 2.75) is 13.0 Å². The first-order chi connectivity index (χ1) is 18.4. The van der Waals surface area contributed by atoms with Crippen LogP contribution >= 0.6 is 12.2 Å². The van der Waals surface area contributed by atoms with Crippen LogP contribution in [0.15, 0.2) is 41.1 Å². The fourth-order valence-electron chi connectivity index (χ4n) is 4.95. The highest BCUT2D eigenvalue weighted by Gasteiger charge is 2.34. The van der Waals surface area contributed by atoms with E-state index in [-0.39, 0.29) is 6.04 Å². The van der Waals surface area contributed by atoms with E-state index < -0.39 is 0 Å². The first kappa shape index (κ1) is 27.4. The van der Waals surface area contributed by atoms with E-state index in [4.69, 9.17) is 40.6 Å². The largest absolute Gasteiger partial charge is 0.493 e. The van der Waals surface area contributed by atoms with Gasteiger partial charge in [-0.2, -0.15) is 0 Å². The molecule has 0 saturated carbocycles. The third-order valence-corrected chi connectivity index (χ3v) is 7.01. The number of nitrogens with zero attached hydrogens (tertiary/aromatic N) is 1. The summed E-state index contributed by atoms with van der Waals surface area (Å²) in [5.41, 5.74) is 5.16. The van der Waals surface area contributed by atoms with Crippen molar-refractivity contribution >= 4 is 23.4 Å². The molecule has 1 atom stereocenters. The van der Waals surface area contributed by atoms with Gasteiger partial charge in [0.2, 0.25) is 11.5 Å². The average Bonchev–Trinajstić information content (AvgIpc) is 2.95. The Morgan fingerprint density at radius 2 is 1.34 bits per heavy atom. The Balaban J connectivity index is 1.87. The number of likely N-dealkylation sites (N-methyl/N-ethyl adjacent to an activating group) is 1. The van der Waals surface area contributed by atoms with Crippen molar-refractivity contribution in [2.75, 3.05) is 62.3 Å². The van der Waals surface area contributed by atoms with Gasteiger partial charge in [-0.3, -0.25) is 4.90 Å². The van der Waals surface area contributed by atoms with Gasteiger partial charge in [0.25, 0.3) is 0 Å². The van der Waals surface area contributed by atoms with E-state index in [1.165, 1.54) is 5.57 Å². The van der Waals surface area contributed by atoms with Crippen LogP contribution in [0.3, 0.4) is 0 Å². The summed E-state index contributed by atoms with van der Waals surface area (Å²) in [5.74, 6) is 3.48. The number of thiocarbonyl (C=S) groups is 1. The standard InChI is InChI=1S/C28H35N3O6S/c1-8-31-14-18(9-16-10-20(32-2)26(36-6)21(11-16)33-3)25-19(15-31)24(29-28(38)30-25)17-12-22(34-4)27(37-7)23(13-17)35-5/h9-13,24H,8,14-15H2,1-7H3,(H2,29,30,38)/b18-9+. The quantitative estimate of drug-likeness (QED) is 0.456. The van der Waals surface area contributed by atoms with E-state index in [9.17, 15) is 0 Å². The van der Waals surface area contributed by atoms with Crippen LogP contribution in [0.25, 0.3) is 6.08 Å². The second-order valence-electron chi connectivity index (χ2n) is 8.82. The maximum atomic E-state index is 5.67. The fraction of sp³-hybridized carbons (Fsp3) is 0.393. The van der Waals surface area contributed by atoms with E-state index >= 15 is 0 Å². The summed E-state index contributed by atoms with van der Waals surface area (Å²) in [6.07, 6.45) is 2.13. The number of hydrogen-bond donors (Lipinski definition) is 2. The second-order valence-corrected chi connectivity index (χ2v) is 9.23. The molecule has 9 nitrogen and oxygen atoms in total. The number of ether oxygens (including phenoxy) is 6. The minimum absolute atomic E-state index is 0.190. The van der Waals surface area contributed by atoms with Crippen molar-refractivity contribution in [1.29, 1.82) is 0 Å². The number of benzene rings is 2. The highest BCUT2D eigenvalue weighted by molar-refractivity contribution is 7.80. The van der Waals surface area contributed by atoms with Crippen molar-refractivity contribution in [3.63, 3.8) is 0 Å². The predicted octanol–water partition coefficient (Wildman–Crippen LogP) is 3.93. The van der Waals surface area contributed by atoms with E-state index in [2.05, 4.69) is 28.5 Å². The van der Waals surface area contributed by atoms with Crippen molar-refractivity contribution in [2.24, 2.45) is 0 Å². The topological polar surface area (TPSA) is 82.7 Å². The number of hydrogen-bond acceptors (Lipinski definition) is 8. The lowest BCUT2D eigenvalue weighted by molar-refractivity contribution is 0.314. The molecule has 0 spiro atoms. The third kappa shape index (κ3) is 5.19. The van der Waals surface area contributed by atoms with Crippen LogP contribution in [0.4, 0.5) is 0 Å². The van der Waals surface area contributed by atoms with Crippen LogP contribution in [0.1, 0.15) is 24.1 Å². The first-order valence-corrected chi connectivity index (χ1v) is 12.7. The van der Waals surface area contributed by atoms with Crippen LogP contribution in [-0.4, -0.2) is 72.3 Å². The molecule has 0 saturated heterocycles. The maximum Gasteiger partial charge on any atom is 0.203 e. The number of nitrogens with one attached hydrogen (secondary N) is 2. The fourth-order valence-corrected chi connectivity index (χ4v) is 5.17. The van der Waals surface area contributed by atoms with Gasteiger partial charge in [-0.1, -0.05) is 6.92 Å². The predicted molar refractivity (Wildman–Crippen MR) is 151 cm³/mol. The lowest BCUT2D eigenvalue weighted by Gasteiger charge is -2.40. The van der Waals surface area contributed by atoms with E-state index in [0.29, 0.717) is 39.6 Å². The molecule has 0 bridgehead atoms. The molecule has 38 heavy (non-hydrogen) atoms. The van der Waals surface area contributed by atoms with Gasteiger partial charge in [0.1, 0.15) is 0 Å². The van der Waals surface area contributed by atoms with Gasteiger partial charge in [-0.25, -0.2) is 0 Å². The SMILES string of the molecule is CCN1CC2=C(NC(=S)NC2c2cc(OC)c(OC)c(OC)c2)/C(=C/c2cc(OC)c(OC)c(OC)c2)C1. The maximum absolute atomic E-state index is 5.67. The molecule has 0 fully saturated rings. The molecule has 2 aliphatic rings.